The van der Waals surface area contributed by atoms with Crippen LogP contribution >= 0.6 is 0 Å². The molecule has 136 valence electrons. The van der Waals surface area contributed by atoms with Gasteiger partial charge in [0.15, 0.2) is 0 Å². The smallest absolute Gasteiger partial charge is 0.337 e. The molecule has 1 aromatic heterocycles. The van der Waals surface area contributed by atoms with Crippen molar-refractivity contribution in [3.63, 3.8) is 0 Å². The lowest BCUT2D eigenvalue weighted by Gasteiger charge is -2.33. The summed E-state index contributed by atoms with van der Waals surface area (Å²) in [7, 11) is 3.43. The summed E-state index contributed by atoms with van der Waals surface area (Å²) in [6, 6.07) is 10.2. The molecule has 0 saturated carbocycles. The van der Waals surface area contributed by atoms with Crippen molar-refractivity contribution in [3.8, 4) is 0 Å². The predicted octanol–water partition coefficient (Wildman–Crippen LogP) is 1.87. The number of benzene rings is 1. The summed E-state index contributed by atoms with van der Waals surface area (Å²) >= 11 is 0. The summed E-state index contributed by atoms with van der Waals surface area (Å²) in [6.07, 6.45) is 1.73. The average molecular weight is 354 g/mol. The Hall–Kier alpha value is -2.93. The molecule has 2 heterocycles. The van der Waals surface area contributed by atoms with Crippen LogP contribution in [-0.4, -0.2) is 62.1 Å². The standard InChI is InChI=1S/C19H22N4O3/c1-22-8-10-23(11-9-22)16-6-7-17(20-13-16)18(24)21-15-5-3-4-14(12-15)19(25)26-2/h3-7,12-13H,8-11H2,1-2H3,(H,21,24). The number of nitrogens with one attached hydrogen (secondary N) is 1. The Morgan fingerprint density at radius 1 is 1.12 bits per heavy atom. The zero-order valence-electron chi connectivity index (χ0n) is 14.9. The SMILES string of the molecule is COC(=O)c1cccc(NC(=O)c2ccc(N3CCN(C)CC3)cn2)c1. The molecule has 1 amide bonds. The lowest BCUT2D eigenvalue weighted by atomic mass is 10.2. The molecule has 7 heteroatoms. The summed E-state index contributed by atoms with van der Waals surface area (Å²) in [5, 5.41) is 2.75. The maximum absolute atomic E-state index is 12.4. The molecule has 0 radical (unpaired) electrons. The molecule has 1 aliphatic heterocycles. The van der Waals surface area contributed by atoms with Gasteiger partial charge in [-0.1, -0.05) is 6.07 Å². The van der Waals surface area contributed by atoms with E-state index in [2.05, 4.69) is 31.9 Å². The van der Waals surface area contributed by atoms with Crippen molar-refractivity contribution in [2.75, 3.05) is 50.6 Å². The zero-order valence-corrected chi connectivity index (χ0v) is 14.9. The normalized spacial score (nSPS) is 14.8. The van der Waals surface area contributed by atoms with Gasteiger partial charge in [-0.15, -0.1) is 0 Å². The van der Waals surface area contributed by atoms with E-state index >= 15 is 0 Å². The van der Waals surface area contributed by atoms with Crippen LogP contribution in [0.25, 0.3) is 0 Å². The number of carbonyl (C=O) groups is 2. The number of esters is 1. The average Bonchev–Trinajstić information content (AvgIpc) is 2.68. The summed E-state index contributed by atoms with van der Waals surface area (Å²) in [5.41, 5.74) is 2.24. The van der Waals surface area contributed by atoms with Crippen molar-refractivity contribution in [2.24, 2.45) is 0 Å². The maximum Gasteiger partial charge on any atom is 0.337 e. The van der Waals surface area contributed by atoms with Gasteiger partial charge in [0.05, 0.1) is 24.6 Å². The predicted molar refractivity (Wildman–Crippen MR) is 99.7 cm³/mol. The van der Waals surface area contributed by atoms with E-state index < -0.39 is 5.97 Å². The van der Waals surface area contributed by atoms with Crippen LogP contribution in [0.3, 0.4) is 0 Å². The zero-order chi connectivity index (χ0) is 18.5. The van der Waals surface area contributed by atoms with Crippen LogP contribution in [0, 0.1) is 0 Å². The lowest BCUT2D eigenvalue weighted by Crippen LogP contribution is -2.44. The first-order valence-corrected chi connectivity index (χ1v) is 8.46. The molecule has 1 aliphatic rings. The van der Waals surface area contributed by atoms with Gasteiger partial charge in [-0.25, -0.2) is 9.78 Å². The first-order valence-electron chi connectivity index (χ1n) is 8.46. The van der Waals surface area contributed by atoms with Crippen LogP contribution in [0.1, 0.15) is 20.8 Å². The van der Waals surface area contributed by atoms with Gasteiger partial charge in [-0.2, -0.15) is 0 Å². The number of piperazine rings is 1. The number of likely N-dealkylation sites (N-methyl/N-ethyl adjacent to an activating group) is 1. The number of methoxy groups -OCH3 is 1. The third-order valence-electron chi connectivity index (χ3n) is 4.39. The van der Waals surface area contributed by atoms with Gasteiger partial charge in [0, 0.05) is 31.9 Å². The molecule has 0 unspecified atom stereocenters. The van der Waals surface area contributed by atoms with Crippen molar-refractivity contribution in [1.82, 2.24) is 9.88 Å². The molecule has 1 aromatic carbocycles. The number of rotatable bonds is 4. The molecule has 0 bridgehead atoms. The number of amides is 1. The Labute approximate surface area is 152 Å². The first kappa shape index (κ1) is 17.9. The topological polar surface area (TPSA) is 74.8 Å². The second-order valence-corrected chi connectivity index (χ2v) is 6.22. The summed E-state index contributed by atoms with van der Waals surface area (Å²) in [5.74, 6) is -0.771. The maximum atomic E-state index is 12.4. The van der Waals surface area contributed by atoms with E-state index in [0.29, 0.717) is 16.9 Å². The van der Waals surface area contributed by atoms with E-state index in [1.54, 1.807) is 36.5 Å². The van der Waals surface area contributed by atoms with Crippen molar-refractivity contribution < 1.29 is 14.3 Å². The molecule has 7 nitrogen and oxygen atoms in total. The van der Waals surface area contributed by atoms with Crippen LogP contribution in [0.5, 0.6) is 0 Å². The Balaban J connectivity index is 1.66. The minimum Gasteiger partial charge on any atom is -0.465 e. The molecule has 1 fully saturated rings. The number of hydrogen-bond donors (Lipinski definition) is 1. The van der Waals surface area contributed by atoms with Gasteiger partial charge in [-0.05, 0) is 37.4 Å². The highest BCUT2D eigenvalue weighted by Crippen LogP contribution is 2.17. The fraction of sp³-hybridized carbons (Fsp3) is 0.316. The van der Waals surface area contributed by atoms with Gasteiger partial charge in [0.2, 0.25) is 0 Å². The molecule has 3 rings (SSSR count). The molecule has 26 heavy (non-hydrogen) atoms. The number of pyridine rings is 1. The van der Waals surface area contributed by atoms with E-state index in [1.165, 1.54) is 7.11 Å². The highest BCUT2D eigenvalue weighted by Gasteiger charge is 2.16. The Bertz CT molecular complexity index is 784. The third-order valence-corrected chi connectivity index (χ3v) is 4.39. The number of anilines is 2. The minimum absolute atomic E-state index is 0.322. The van der Waals surface area contributed by atoms with E-state index in [1.807, 2.05) is 6.07 Å². The lowest BCUT2D eigenvalue weighted by molar-refractivity contribution is 0.0600. The number of nitrogens with zero attached hydrogens (tertiary/aromatic N) is 3. The molecule has 1 N–H and O–H groups in total. The second-order valence-electron chi connectivity index (χ2n) is 6.22. The Morgan fingerprint density at radius 2 is 1.88 bits per heavy atom. The van der Waals surface area contributed by atoms with Gasteiger partial charge < -0.3 is 19.9 Å². The molecule has 0 aliphatic carbocycles. The van der Waals surface area contributed by atoms with Crippen LogP contribution in [-0.2, 0) is 4.74 Å². The van der Waals surface area contributed by atoms with Crippen LogP contribution < -0.4 is 10.2 Å². The highest BCUT2D eigenvalue weighted by atomic mass is 16.5. The molecule has 1 saturated heterocycles. The molecule has 0 atom stereocenters. The third kappa shape index (κ3) is 4.18. The van der Waals surface area contributed by atoms with Gasteiger partial charge in [0.25, 0.3) is 5.91 Å². The van der Waals surface area contributed by atoms with Gasteiger partial charge >= 0.3 is 5.97 Å². The van der Waals surface area contributed by atoms with Crippen LogP contribution in [0.4, 0.5) is 11.4 Å². The monoisotopic (exact) mass is 354 g/mol. The largest absolute Gasteiger partial charge is 0.465 e. The van der Waals surface area contributed by atoms with E-state index in [4.69, 9.17) is 0 Å². The quantitative estimate of drug-likeness (QED) is 0.845. The number of hydrogen-bond acceptors (Lipinski definition) is 6. The minimum atomic E-state index is -0.448. The number of carbonyl (C=O) groups excluding carboxylic acids is 2. The second kappa shape index (κ2) is 7.97. The number of aromatic nitrogens is 1. The van der Waals surface area contributed by atoms with E-state index in [9.17, 15) is 9.59 Å². The first-order chi connectivity index (χ1) is 12.6. The Kier molecular flexibility index (Phi) is 5.48. The molecule has 2 aromatic rings. The highest BCUT2D eigenvalue weighted by molar-refractivity contribution is 6.03. The van der Waals surface area contributed by atoms with Crippen molar-refractivity contribution in [2.45, 2.75) is 0 Å². The van der Waals surface area contributed by atoms with Crippen molar-refractivity contribution in [1.29, 1.82) is 0 Å². The van der Waals surface area contributed by atoms with Gasteiger partial charge in [-0.3, -0.25) is 4.79 Å². The molecule has 0 spiro atoms. The Morgan fingerprint density at radius 3 is 2.54 bits per heavy atom. The molecular formula is C19H22N4O3. The summed E-state index contributed by atoms with van der Waals surface area (Å²) in [6.45, 7) is 3.92. The fourth-order valence-electron chi connectivity index (χ4n) is 2.81. The van der Waals surface area contributed by atoms with Crippen molar-refractivity contribution in [3.05, 3.63) is 53.9 Å². The van der Waals surface area contributed by atoms with Crippen LogP contribution in [0.2, 0.25) is 0 Å². The number of ether oxygens (including phenoxy) is 1. The summed E-state index contributed by atoms with van der Waals surface area (Å²) < 4.78 is 4.69. The van der Waals surface area contributed by atoms with Crippen LogP contribution in [0.15, 0.2) is 42.6 Å². The molecular weight excluding hydrogens is 332 g/mol. The van der Waals surface area contributed by atoms with E-state index in [0.717, 1.165) is 31.9 Å². The summed E-state index contributed by atoms with van der Waals surface area (Å²) in [4.78, 5) is 32.8. The fourth-order valence-corrected chi connectivity index (χ4v) is 2.81. The van der Waals surface area contributed by atoms with Crippen molar-refractivity contribution >= 4 is 23.3 Å². The van der Waals surface area contributed by atoms with Gasteiger partial charge in [0.1, 0.15) is 5.69 Å². The van der Waals surface area contributed by atoms with E-state index in [-0.39, 0.29) is 5.91 Å².